The van der Waals surface area contributed by atoms with Crippen molar-refractivity contribution in [2.45, 2.75) is 6.92 Å². The first-order valence-corrected chi connectivity index (χ1v) is 5.61. The minimum Gasteiger partial charge on any atom is -0.504 e. The number of methoxy groups -OCH3 is 1. The van der Waals surface area contributed by atoms with Crippen LogP contribution in [0.3, 0.4) is 0 Å². The Kier molecular flexibility index (Phi) is 3.33. The van der Waals surface area contributed by atoms with Gasteiger partial charge in [-0.1, -0.05) is 36.4 Å². The van der Waals surface area contributed by atoms with Gasteiger partial charge < -0.3 is 9.84 Å². The van der Waals surface area contributed by atoms with Gasteiger partial charge in [0.25, 0.3) is 0 Å². The third-order valence-electron chi connectivity index (χ3n) is 2.83. The van der Waals surface area contributed by atoms with E-state index in [1.54, 1.807) is 43.3 Å². The Bertz CT molecular complexity index is 574. The number of phenolic OH excluding ortho intramolecular Hbond substituents is 1. The van der Waals surface area contributed by atoms with Crippen molar-refractivity contribution in [3.8, 4) is 11.5 Å². The minimum absolute atomic E-state index is 0.105. The maximum absolute atomic E-state index is 12.3. The lowest BCUT2D eigenvalue weighted by atomic mass is 9.98. The van der Waals surface area contributed by atoms with Crippen molar-refractivity contribution >= 4 is 5.78 Å². The topological polar surface area (TPSA) is 46.5 Å². The van der Waals surface area contributed by atoms with Crippen LogP contribution in [0.5, 0.6) is 11.5 Å². The molecule has 92 valence electrons. The van der Waals surface area contributed by atoms with Gasteiger partial charge in [-0.3, -0.25) is 4.79 Å². The number of carbonyl (C=O) groups is 1. The Morgan fingerprint density at radius 1 is 1.11 bits per heavy atom. The average molecular weight is 242 g/mol. The minimum atomic E-state index is -0.204. The van der Waals surface area contributed by atoms with E-state index in [2.05, 4.69) is 0 Å². The molecule has 2 rings (SSSR count). The highest BCUT2D eigenvalue weighted by Crippen LogP contribution is 2.33. The fraction of sp³-hybridized carbons (Fsp3) is 0.133. The molecule has 0 atom stereocenters. The number of rotatable bonds is 3. The molecule has 0 amide bonds. The Labute approximate surface area is 106 Å². The highest BCUT2D eigenvalue weighted by atomic mass is 16.5. The Hall–Kier alpha value is -2.29. The SMILES string of the molecule is COc1ccc(C)c(C(=O)c2ccccc2)c1O. The normalized spacial score (nSPS) is 10.1. The van der Waals surface area contributed by atoms with Crippen molar-refractivity contribution in [2.24, 2.45) is 0 Å². The van der Waals surface area contributed by atoms with Crippen LogP contribution < -0.4 is 4.74 Å². The zero-order chi connectivity index (χ0) is 13.1. The molecular weight excluding hydrogens is 228 g/mol. The van der Waals surface area contributed by atoms with Crippen LogP contribution in [0.2, 0.25) is 0 Å². The lowest BCUT2D eigenvalue weighted by Crippen LogP contribution is -2.04. The van der Waals surface area contributed by atoms with Gasteiger partial charge in [-0.25, -0.2) is 0 Å². The summed E-state index contributed by atoms with van der Waals surface area (Å²) in [6.45, 7) is 1.79. The summed E-state index contributed by atoms with van der Waals surface area (Å²) >= 11 is 0. The molecule has 0 aliphatic rings. The number of aromatic hydroxyl groups is 1. The Morgan fingerprint density at radius 3 is 2.39 bits per heavy atom. The maximum atomic E-state index is 12.3. The molecule has 18 heavy (non-hydrogen) atoms. The number of ether oxygens (including phenoxy) is 1. The molecule has 0 heterocycles. The van der Waals surface area contributed by atoms with E-state index in [0.29, 0.717) is 16.9 Å². The van der Waals surface area contributed by atoms with E-state index >= 15 is 0 Å². The van der Waals surface area contributed by atoms with E-state index in [-0.39, 0.29) is 11.5 Å². The molecule has 0 aliphatic carbocycles. The number of hydrogen-bond donors (Lipinski definition) is 1. The molecular formula is C15H14O3. The molecule has 1 N–H and O–H groups in total. The summed E-state index contributed by atoms with van der Waals surface area (Å²) < 4.78 is 5.02. The fourth-order valence-electron chi connectivity index (χ4n) is 1.86. The number of phenols is 1. The summed E-state index contributed by atoms with van der Waals surface area (Å²) in [7, 11) is 1.46. The van der Waals surface area contributed by atoms with Crippen LogP contribution in [0.4, 0.5) is 0 Å². The van der Waals surface area contributed by atoms with E-state index in [0.717, 1.165) is 5.56 Å². The van der Waals surface area contributed by atoms with Gasteiger partial charge in [0.15, 0.2) is 17.3 Å². The van der Waals surface area contributed by atoms with Crippen molar-refractivity contribution in [3.05, 3.63) is 59.2 Å². The van der Waals surface area contributed by atoms with Gasteiger partial charge >= 0.3 is 0 Å². The number of benzene rings is 2. The van der Waals surface area contributed by atoms with Crippen molar-refractivity contribution in [3.63, 3.8) is 0 Å². The van der Waals surface area contributed by atoms with Crippen LogP contribution in [0.1, 0.15) is 21.5 Å². The van der Waals surface area contributed by atoms with Crippen molar-refractivity contribution < 1.29 is 14.6 Å². The molecule has 3 nitrogen and oxygen atoms in total. The van der Waals surface area contributed by atoms with Crippen LogP contribution >= 0.6 is 0 Å². The van der Waals surface area contributed by atoms with Crippen molar-refractivity contribution in [1.82, 2.24) is 0 Å². The van der Waals surface area contributed by atoms with Gasteiger partial charge in [0.1, 0.15) is 0 Å². The second-order valence-electron chi connectivity index (χ2n) is 4.00. The molecule has 0 bridgehead atoms. The van der Waals surface area contributed by atoms with Gasteiger partial charge in [-0.05, 0) is 18.6 Å². The first-order chi connectivity index (χ1) is 8.65. The first kappa shape index (κ1) is 12.2. The third kappa shape index (κ3) is 2.07. The predicted molar refractivity (Wildman–Crippen MR) is 69.3 cm³/mol. The maximum Gasteiger partial charge on any atom is 0.197 e. The molecule has 3 heteroatoms. The molecule has 0 fully saturated rings. The van der Waals surface area contributed by atoms with E-state index < -0.39 is 0 Å². The molecule has 0 unspecified atom stereocenters. The fourth-order valence-corrected chi connectivity index (χ4v) is 1.86. The lowest BCUT2D eigenvalue weighted by Gasteiger charge is -2.11. The van der Waals surface area contributed by atoms with E-state index in [9.17, 15) is 9.90 Å². The molecule has 2 aromatic carbocycles. The average Bonchev–Trinajstić information content (AvgIpc) is 2.40. The number of carbonyl (C=O) groups excluding carboxylic acids is 1. The van der Waals surface area contributed by atoms with Gasteiger partial charge in [0, 0.05) is 5.56 Å². The summed E-state index contributed by atoms with van der Waals surface area (Å²) in [4.78, 5) is 12.3. The standard InChI is InChI=1S/C15H14O3/c1-10-8-9-12(18-2)15(17)13(10)14(16)11-6-4-3-5-7-11/h3-9,17H,1-2H3. The molecule has 0 saturated carbocycles. The molecule has 0 spiro atoms. The van der Waals surface area contributed by atoms with Crippen molar-refractivity contribution in [1.29, 1.82) is 0 Å². The quantitative estimate of drug-likeness (QED) is 0.842. The molecule has 0 aliphatic heterocycles. The zero-order valence-electron chi connectivity index (χ0n) is 10.3. The zero-order valence-corrected chi connectivity index (χ0v) is 10.3. The predicted octanol–water partition coefficient (Wildman–Crippen LogP) is 2.94. The van der Waals surface area contributed by atoms with Crippen LogP contribution in [0.25, 0.3) is 0 Å². The highest BCUT2D eigenvalue weighted by molar-refractivity contribution is 6.12. The largest absolute Gasteiger partial charge is 0.504 e. The Balaban J connectivity index is 2.55. The van der Waals surface area contributed by atoms with E-state index in [1.165, 1.54) is 7.11 Å². The number of ketones is 1. The lowest BCUT2D eigenvalue weighted by molar-refractivity contribution is 0.103. The van der Waals surface area contributed by atoms with Crippen molar-refractivity contribution in [2.75, 3.05) is 7.11 Å². The monoisotopic (exact) mass is 242 g/mol. The van der Waals surface area contributed by atoms with Gasteiger partial charge in [0.05, 0.1) is 12.7 Å². The summed E-state index contributed by atoms with van der Waals surface area (Å²) in [5.74, 6) is -0.00395. The number of hydrogen-bond acceptors (Lipinski definition) is 3. The van der Waals surface area contributed by atoms with Crippen LogP contribution in [0.15, 0.2) is 42.5 Å². The molecule has 0 saturated heterocycles. The van der Waals surface area contributed by atoms with E-state index in [4.69, 9.17) is 4.74 Å². The molecule has 0 aromatic heterocycles. The van der Waals surface area contributed by atoms with E-state index in [1.807, 2.05) is 6.07 Å². The summed E-state index contributed by atoms with van der Waals surface area (Å²) in [6, 6.07) is 12.3. The Morgan fingerprint density at radius 2 is 1.78 bits per heavy atom. The third-order valence-corrected chi connectivity index (χ3v) is 2.83. The smallest absolute Gasteiger partial charge is 0.197 e. The van der Waals surface area contributed by atoms with Gasteiger partial charge in [-0.2, -0.15) is 0 Å². The summed E-state index contributed by atoms with van der Waals surface area (Å²) in [5, 5.41) is 10.1. The van der Waals surface area contributed by atoms with Gasteiger partial charge in [-0.15, -0.1) is 0 Å². The molecule has 0 radical (unpaired) electrons. The summed E-state index contributed by atoms with van der Waals surface area (Å²) in [5.41, 5.74) is 1.56. The number of aryl methyl sites for hydroxylation is 1. The van der Waals surface area contributed by atoms with Crippen LogP contribution in [0, 0.1) is 6.92 Å². The summed E-state index contributed by atoms with van der Waals surface area (Å²) in [6.07, 6.45) is 0. The second-order valence-corrected chi connectivity index (χ2v) is 4.00. The second kappa shape index (κ2) is 4.92. The van der Waals surface area contributed by atoms with Crippen LogP contribution in [-0.2, 0) is 0 Å². The van der Waals surface area contributed by atoms with Gasteiger partial charge in [0.2, 0.25) is 0 Å². The first-order valence-electron chi connectivity index (χ1n) is 5.61. The van der Waals surface area contributed by atoms with Crippen LogP contribution in [-0.4, -0.2) is 18.0 Å². The molecule has 2 aromatic rings. The highest BCUT2D eigenvalue weighted by Gasteiger charge is 2.19.